The number of hydrogen-bond donors (Lipinski definition) is 6. The number of methoxy groups -OCH3 is 1. The summed E-state index contributed by atoms with van der Waals surface area (Å²) in [5.74, 6) is -7.80. The number of piperidine rings is 1. The molecule has 2 aromatic rings. The lowest BCUT2D eigenvalue weighted by atomic mass is 9.78. The molecule has 0 aliphatic carbocycles. The number of amides is 1. The molecule has 4 aliphatic heterocycles. The van der Waals surface area contributed by atoms with E-state index < -0.39 is 88.8 Å². The number of ketones is 1. The number of rotatable bonds is 4. The number of phenols is 3. The van der Waals surface area contributed by atoms with Crippen LogP contribution in [0.2, 0.25) is 0 Å². The molecule has 1 amide bonds. The number of anilines is 1. The number of nitrogens with zero attached hydrogens (tertiary/aromatic N) is 1. The molecule has 1 fully saturated rings. The fourth-order valence-electron chi connectivity index (χ4n) is 8.54. The lowest BCUT2D eigenvalue weighted by Crippen LogP contribution is -2.46. The van der Waals surface area contributed by atoms with Gasteiger partial charge >= 0.3 is 11.8 Å². The first kappa shape index (κ1) is 44.5. The Hall–Kier alpha value is -4.63. The van der Waals surface area contributed by atoms with Gasteiger partial charge in [0.2, 0.25) is 0 Å². The number of aliphatic hydroxyl groups excluding tert-OH is 2. The van der Waals surface area contributed by atoms with Crippen LogP contribution in [0.25, 0.3) is 10.8 Å². The van der Waals surface area contributed by atoms with Gasteiger partial charge < -0.3 is 49.8 Å². The van der Waals surface area contributed by atoms with Crippen LogP contribution in [0.15, 0.2) is 36.1 Å². The van der Waals surface area contributed by atoms with Crippen LogP contribution in [0.4, 0.5) is 5.69 Å². The van der Waals surface area contributed by atoms with Crippen molar-refractivity contribution in [1.29, 1.82) is 0 Å². The van der Waals surface area contributed by atoms with Crippen LogP contribution in [-0.2, 0) is 30.3 Å². The van der Waals surface area contributed by atoms with Gasteiger partial charge in [-0.3, -0.25) is 19.3 Å². The number of carbonyl (C=O) groups is 3. The second kappa shape index (κ2) is 17.7. The van der Waals surface area contributed by atoms with Crippen molar-refractivity contribution in [3.63, 3.8) is 0 Å². The Bertz CT molecular complexity index is 2010. The third kappa shape index (κ3) is 8.43. The number of phenolic OH excluding ortho intramolecular Hbond substituents is 3. The molecule has 0 aromatic heterocycles. The molecule has 6 N–H and O–H groups in total. The second-order valence-electron chi connectivity index (χ2n) is 16.5. The van der Waals surface area contributed by atoms with E-state index in [4.69, 9.17) is 18.9 Å². The number of fused-ring (bicyclic) bond motifs is 14. The first-order valence-electron chi connectivity index (χ1n) is 20.1. The average Bonchev–Trinajstić information content (AvgIpc) is 3.45. The van der Waals surface area contributed by atoms with E-state index in [1.807, 2.05) is 0 Å². The lowest BCUT2D eigenvalue weighted by Gasteiger charge is -2.38. The molecular weight excluding hydrogens is 748 g/mol. The number of nitrogens with one attached hydrogen (secondary N) is 1. The molecule has 4 heterocycles. The highest BCUT2D eigenvalue weighted by Crippen LogP contribution is 2.55. The number of Topliss-reactive ketones (excluding diaryl/α,β-unsaturated/α-hetero) is 1. The van der Waals surface area contributed by atoms with E-state index >= 15 is 0 Å². The predicted molar refractivity (Wildman–Crippen MR) is 218 cm³/mol. The molecule has 14 heteroatoms. The number of carbonyl (C=O) groups excluding carboxylic acids is 3. The maximum atomic E-state index is 14.5. The second-order valence-corrected chi connectivity index (χ2v) is 16.5. The summed E-state index contributed by atoms with van der Waals surface area (Å²) in [5.41, 5.74) is 0.226. The zero-order valence-electron chi connectivity index (χ0n) is 35.2. The van der Waals surface area contributed by atoms with Gasteiger partial charge in [0.05, 0.1) is 41.2 Å². The van der Waals surface area contributed by atoms with Gasteiger partial charge in [-0.2, -0.15) is 0 Å². The summed E-state index contributed by atoms with van der Waals surface area (Å²) in [6.07, 6.45) is 6.59. The van der Waals surface area contributed by atoms with Crippen LogP contribution in [-0.4, -0.2) is 98.0 Å². The number of aromatic hydroxyl groups is 3. The normalized spacial score (nSPS) is 31.5. The van der Waals surface area contributed by atoms with Crippen molar-refractivity contribution in [2.24, 2.45) is 23.7 Å². The summed E-state index contributed by atoms with van der Waals surface area (Å²) in [4.78, 5) is 42.7. The Morgan fingerprint density at radius 1 is 0.948 bits per heavy atom. The van der Waals surface area contributed by atoms with Crippen LogP contribution < -0.4 is 10.1 Å². The summed E-state index contributed by atoms with van der Waals surface area (Å²) in [6.45, 7) is 15.5. The molecule has 2 aromatic carbocycles. The van der Waals surface area contributed by atoms with Gasteiger partial charge in [0.1, 0.15) is 23.4 Å². The van der Waals surface area contributed by atoms with Gasteiger partial charge in [0, 0.05) is 79.3 Å². The molecule has 10 atom stereocenters. The maximum Gasteiger partial charge on any atom is 0.312 e. The minimum Gasteiger partial charge on any atom is -0.507 e. The van der Waals surface area contributed by atoms with E-state index in [1.165, 1.54) is 46.3 Å². The third-order valence-corrected chi connectivity index (χ3v) is 12.4. The smallest absolute Gasteiger partial charge is 0.312 e. The quantitative estimate of drug-likeness (QED) is 0.117. The number of likely N-dealkylation sites (tertiary alicyclic amines) is 1. The van der Waals surface area contributed by atoms with Crippen molar-refractivity contribution in [1.82, 2.24) is 4.90 Å². The molecule has 6 rings (SSSR count). The van der Waals surface area contributed by atoms with Gasteiger partial charge in [-0.25, -0.2) is 0 Å². The van der Waals surface area contributed by atoms with Crippen molar-refractivity contribution in [2.75, 3.05) is 19.0 Å². The van der Waals surface area contributed by atoms with Crippen molar-refractivity contribution < 1.29 is 58.9 Å². The van der Waals surface area contributed by atoms with Crippen molar-refractivity contribution in [3.8, 4) is 23.0 Å². The highest BCUT2D eigenvalue weighted by atomic mass is 16.7. The first-order chi connectivity index (χ1) is 27.2. The molecule has 14 nitrogen and oxygen atoms in total. The molecule has 58 heavy (non-hydrogen) atoms. The molecule has 318 valence electrons. The van der Waals surface area contributed by atoms with Crippen LogP contribution in [0.1, 0.15) is 96.1 Å². The van der Waals surface area contributed by atoms with Gasteiger partial charge in [0.15, 0.2) is 5.75 Å². The van der Waals surface area contributed by atoms with Gasteiger partial charge in [0.25, 0.3) is 11.7 Å². The van der Waals surface area contributed by atoms with Crippen LogP contribution >= 0.6 is 0 Å². The summed E-state index contributed by atoms with van der Waals surface area (Å²) in [5, 5.41) is 61.1. The van der Waals surface area contributed by atoms with E-state index in [1.54, 1.807) is 46.8 Å². The van der Waals surface area contributed by atoms with E-state index in [0.717, 1.165) is 19.3 Å². The van der Waals surface area contributed by atoms with Crippen LogP contribution in [0.5, 0.6) is 23.0 Å². The SMILES string of the molecule is COC1C=COC2(C)Oc3c(C)c(O)c4c(O)c(c(CN5CCCCC5C)c(O)c4c3C2=O)NC(=O)C(C)=CC=CC(C)C(O)C(C)C(O)C(C)C(OC(C)=O)C1C. The first-order valence-corrected chi connectivity index (χ1v) is 20.1. The Labute approximate surface area is 340 Å². The molecule has 0 saturated carbocycles. The predicted octanol–water partition coefficient (Wildman–Crippen LogP) is 6.13. The van der Waals surface area contributed by atoms with E-state index in [0.29, 0.717) is 6.54 Å². The zero-order valence-corrected chi connectivity index (χ0v) is 35.2. The summed E-state index contributed by atoms with van der Waals surface area (Å²) in [7, 11) is 1.45. The number of aliphatic hydroxyl groups is 2. The highest BCUT2D eigenvalue weighted by molar-refractivity contribution is 6.22. The highest BCUT2D eigenvalue weighted by Gasteiger charge is 2.50. The summed E-state index contributed by atoms with van der Waals surface area (Å²) in [6, 6.07) is 0.111. The zero-order chi connectivity index (χ0) is 43.0. The molecule has 0 spiro atoms. The molecule has 5 bridgehead atoms. The van der Waals surface area contributed by atoms with Gasteiger partial charge in [-0.1, -0.05) is 52.3 Å². The fraction of sp³-hybridized carbons (Fsp3) is 0.568. The van der Waals surface area contributed by atoms with Crippen LogP contribution in [0.3, 0.4) is 0 Å². The number of benzene rings is 2. The van der Waals surface area contributed by atoms with Crippen molar-refractivity contribution >= 4 is 34.1 Å². The number of ether oxygens (including phenoxy) is 4. The Balaban J connectivity index is 1.71. The molecule has 0 radical (unpaired) electrons. The topological polar surface area (TPSA) is 205 Å². The van der Waals surface area contributed by atoms with Gasteiger partial charge in [-0.05, 0) is 46.2 Å². The largest absolute Gasteiger partial charge is 0.507 e. The fourth-order valence-corrected chi connectivity index (χ4v) is 8.54. The third-order valence-electron chi connectivity index (χ3n) is 12.4. The Morgan fingerprint density at radius 2 is 1.64 bits per heavy atom. The Kier molecular flexibility index (Phi) is 13.6. The molecule has 1 saturated heterocycles. The number of esters is 1. The van der Waals surface area contributed by atoms with E-state index in [9.17, 15) is 39.9 Å². The maximum absolute atomic E-state index is 14.5. The standard InChI is InChI=1S/C44H60N2O12/c1-21-14-13-15-22(2)43(54)45-34-29(20-46-18-12-11-16-23(46)3)38(51)31-32(39(34)52)37(50)27(7)41-33(31)42(53)44(9,58-41)56-19-17-30(55-10)24(4)40(57-28(8)47)26(6)36(49)25(5)35(21)48/h13-15,17,19,21,23-26,30,35-36,40,48-52H,11-12,16,18,20H2,1-10H3,(H,45,54). The summed E-state index contributed by atoms with van der Waals surface area (Å²) < 4.78 is 23.7. The minimum absolute atomic E-state index is 0.0503. The van der Waals surface area contributed by atoms with Crippen molar-refractivity contribution in [3.05, 3.63) is 52.8 Å². The van der Waals surface area contributed by atoms with Crippen LogP contribution in [0, 0.1) is 30.6 Å². The van der Waals surface area contributed by atoms with Gasteiger partial charge in [-0.15, -0.1) is 0 Å². The average molecular weight is 809 g/mol. The minimum atomic E-state index is -2.01. The summed E-state index contributed by atoms with van der Waals surface area (Å²) >= 11 is 0. The van der Waals surface area contributed by atoms with Crippen molar-refractivity contribution in [2.45, 2.75) is 124 Å². The molecular formula is C44H60N2O12. The number of allylic oxidation sites excluding steroid dienone is 2. The monoisotopic (exact) mass is 808 g/mol. The molecule has 4 aliphatic rings. The lowest BCUT2D eigenvalue weighted by molar-refractivity contribution is -0.160. The van der Waals surface area contributed by atoms with E-state index in [-0.39, 0.29) is 57.1 Å². The number of hydrogen-bond acceptors (Lipinski definition) is 13. The molecule has 10 unspecified atom stereocenters. The Morgan fingerprint density at radius 3 is 2.28 bits per heavy atom. The van der Waals surface area contributed by atoms with E-state index in [2.05, 4.69) is 17.1 Å².